The summed E-state index contributed by atoms with van der Waals surface area (Å²) in [6.07, 6.45) is 5.45. The van der Waals surface area contributed by atoms with E-state index in [2.05, 4.69) is 15.6 Å². The van der Waals surface area contributed by atoms with E-state index in [4.69, 9.17) is 9.47 Å². The Kier molecular flexibility index (Phi) is 7.55. The SMILES string of the molecule is COc1ccc(-c2ncc(C3CC3NCC3(F)CCN(C(=O)OCC4CCNCC4)CC3)s2)cc1. The number of rotatable bonds is 8. The number of halogens is 1. The molecule has 2 N–H and O–H groups in total. The van der Waals surface area contributed by atoms with Crippen molar-refractivity contribution in [2.75, 3.05) is 46.4 Å². The highest BCUT2D eigenvalue weighted by molar-refractivity contribution is 7.15. The van der Waals surface area contributed by atoms with Gasteiger partial charge in [0.05, 0.1) is 13.7 Å². The van der Waals surface area contributed by atoms with E-state index >= 15 is 4.39 Å². The number of nitrogens with zero attached hydrogens (tertiary/aromatic N) is 2. The van der Waals surface area contributed by atoms with Gasteiger partial charge in [0.15, 0.2) is 0 Å². The maximum Gasteiger partial charge on any atom is 0.409 e. The van der Waals surface area contributed by atoms with Crippen LogP contribution in [0, 0.1) is 5.92 Å². The summed E-state index contributed by atoms with van der Waals surface area (Å²) in [7, 11) is 1.66. The van der Waals surface area contributed by atoms with Crippen LogP contribution in [0.1, 0.15) is 42.9 Å². The molecule has 0 radical (unpaired) electrons. The normalized spacial score (nSPS) is 24.2. The third-order valence-corrected chi connectivity index (χ3v) is 8.69. The Balaban J connectivity index is 1.04. The van der Waals surface area contributed by atoms with Gasteiger partial charge in [-0.15, -0.1) is 11.3 Å². The number of piperidine rings is 2. The topological polar surface area (TPSA) is 75.7 Å². The van der Waals surface area contributed by atoms with Crippen molar-refractivity contribution in [3.63, 3.8) is 0 Å². The lowest BCUT2D eigenvalue weighted by Crippen LogP contribution is -2.49. The van der Waals surface area contributed by atoms with Crippen LogP contribution in [-0.2, 0) is 4.74 Å². The summed E-state index contributed by atoms with van der Waals surface area (Å²) in [5, 5.41) is 7.75. The van der Waals surface area contributed by atoms with E-state index in [1.165, 1.54) is 4.88 Å². The number of methoxy groups -OCH3 is 1. The van der Waals surface area contributed by atoms with E-state index in [1.54, 1.807) is 23.3 Å². The van der Waals surface area contributed by atoms with Gasteiger partial charge in [0.25, 0.3) is 0 Å². The van der Waals surface area contributed by atoms with Crippen LogP contribution in [0.2, 0.25) is 0 Å². The lowest BCUT2D eigenvalue weighted by molar-refractivity contribution is 0.0362. The second-order valence-electron chi connectivity index (χ2n) is 10.0. The Labute approximate surface area is 210 Å². The highest BCUT2D eigenvalue weighted by Gasteiger charge is 2.43. The number of aromatic nitrogens is 1. The van der Waals surface area contributed by atoms with Gasteiger partial charge in [-0.1, -0.05) is 0 Å². The van der Waals surface area contributed by atoms with Crippen LogP contribution in [0.5, 0.6) is 5.75 Å². The van der Waals surface area contributed by atoms with Gasteiger partial charge in [0.2, 0.25) is 0 Å². The van der Waals surface area contributed by atoms with Crippen LogP contribution in [0.15, 0.2) is 30.5 Å². The largest absolute Gasteiger partial charge is 0.497 e. The monoisotopic (exact) mass is 502 g/mol. The number of ether oxygens (including phenoxy) is 2. The fourth-order valence-electron chi connectivity index (χ4n) is 4.97. The van der Waals surface area contributed by atoms with E-state index in [0.29, 0.717) is 57.0 Å². The number of hydrogen-bond donors (Lipinski definition) is 2. The van der Waals surface area contributed by atoms with Crippen molar-refractivity contribution in [2.24, 2.45) is 5.92 Å². The smallest absolute Gasteiger partial charge is 0.409 e. The van der Waals surface area contributed by atoms with Crippen LogP contribution in [0.3, 0.4) is 0 Å². The van der Waals surface area contributed by atoms with Gasteiger partial charge in [0.1, 0.15) is 16.4 Å². The number of amides is 1. The number of nitrogens with one attached hydrogen (secondary N) is 2. The van der Waals surface area contributed by atoms with Gasteiger partial charge in [-0.3, -0.25) is 0 Å². The summed E-state index contributed by atoms with van der Waals surface area (Å²) >= 11 is 1.71. The molecule has 1 aliphatic carbocycles. The zero-order valence-electron chi connectivity index (χ0n) is 20.3. The van der Waals surface area contributed by atoms with E-state index < -0.39 is 5.67 Å². The second kappa shape index (κ2) is 10.8. The number of thiazole rings is 1. The predicted molar refractivity (Wildman–Crippen MR) is 135 cm³/mol. The van der Waals surface area contributed by atoms with Crippen molar-refractivity contribution in [1.29, 1.82) is 0 Å². The first kappa shape index (κ1) is 24.5. The van der Waals surface area contributed by atoms with Gasteiger partial charge in [-0.05, 0) is 62.5 Å². The quantitative estimate of drug-likeness (QED) is 0.564. The van der Waals surface area contributed by atoms with Crippen LogP contribution >= 0.6 is 11.3 Å². The molecule has 2 aromatic rings. The molecule has 3 fully saturated rings. The lowest BCUT2D eigenvalue weighted by Gasteiger charge is -2.36. The Hall–Kier alpha value is -2.23. The zero-order chi connectivity index (χ0) is 24.3. The van der Waals surface area contributed by atoms with Gasteiger partial charge >= 0.3 is 6.09 Å². The molecule has 2 atom stereocenters. The minimum absolute atomic E-state index is 0.291. The van der Waals surface area contributed by atoms with Crippen molar-refractivity contribution >= 4 is 17.4 Å². The summed E-state index contributed by atoms with van der Waals surface area (Å²) < 4.78 is 26.2. The standard InChI is InChI=1S/C26H35FN4O3S/c1-33-20-4-2-19(3-5-20)24-29-15-23(35-24)21-14-22(21)30-17-26(27)8-12-31(13-9-26)25(32)34-16-18-6-10-28-11-7-18/h2-5,15,18,21-22,28,30H,6-14,16-17H2,1H3. The van der Waals surface area contributed by atoms with Gasteiger partial charge < -0.3 is 25.0 Å². The minimum atomic E-state index is -1.28. The van der Waals surface area contributed by atoms with Crippen molar-refractivity contribution in [3.8, 4) is 16.3 Å². The fraction of sp³-hybridized carbons (Fsp3) is 0.615. The Morgan fingerprint density at radius 1 is 1.26 bits per heavy atom. The molecule has 1 aromatic heterocycles. The van der Waals surface area contributed by atoms with Crippen LogP contribution in [-0.4, -0.2) is 74.1 Å². The number of benzene rings is 1. The minimum Gasteiger partial charge on any atom is -0.497 e. The molecule has 3 aliphatic rings. The van der Waals surface area contributed by atoms with E-state index in [-0.39, 0.29) is 6.09 Å². The number of alkyl halides is 1. The summed E-state index contributed by atoms with van der Waals surface area (Å²) in [6.45, 7) is 3.60. The van der Waals surface area contributed by atoms with Crippen LogP contribution in [0.4, 0.5) is 9.18 Å². The summed E-state index contributed by atoms with van der Waals surface area (Å²) in [5.74, 6) is 1.66. The van der Waals surface area contributed by atoms with Gasteiger partial charge in [0, 0.05) is 61.1 Å². The molecule has 2 unspecified atom stereocenters. The molecule has 7 nitrogen and oxygen atoms in total. The Morgan fingerprint density at radius 2 is 2.00 bits per heavy atom. The fourth-order valence-corrected chi connectivity index (χ4v) is 6.07. The molecule has 0 bridgehead atoms. The van der Waals surface area contributed by atoms with Crippen LogP contribution in [0.25, 0.3) is 10.6 Å². The number of carbonyl (C=O) groups excluding carboxylic acids is 1. The molecule has 190 valence electrons. The Morgan fingerprint density at radius 3 is 2.71 bits per heavy atom. The third-order valence-electron chi connectivity index (χ3n) is 7.52. The molecule has 2 saturated heterocycles. The third kappa shape index (κ3) is 6.13. The highest BCUT2D eigenvalue weighted by atomic mass is 32.1. The first-order valence-electron chi connectivity index (χ1n) is 12.7. The maximum absolute atomic E-state index is 15.4. The molecule has 2 aliphatic heterocycles. The van der Waals surface area contributed by atoms with Crippen molar-refractivity contribution in [2.45, 2.75) is 49.7 Å². The first-order chi connectivity index (χ1) is 17.0. The molecule has 1 aromatic carbocycles. The Bertz CT molecular complexity index is 987. The number of carbonyl (C=O) groups is 1. The highest BCUT2D eigenvalue weighted by Crippen LogP contribution is 2.45. The maximum atomic E-state index is 15.4. The number of likely N-dealkylation sites (tertiary alicyclic amines) is 1. The van der Waals surface area contributed by atoms with Crippen molar-refractivity contribution < 1.29 is 18.7 Å². The molecule has 3 heterocycles. The second-order valence-corrected chi connectivity index (χ2v) is 11.1. The molecule has 9 heteroatoms. The molecule has 35 heavy (non-hydrogen) atoms. The molecule has 0 spiro atoms. The molecular formula is C26H35FN4O3S. The molecular weight excluding hydrogens is 467 g/mol. The van der Waals surface area contributed by atoms with E-state index in [0.717, 1.165) is 48.7 Å². The van der Waals surface area contributed by atoms with E-state index in [1.807, 2.05) is 30.5 Å². The van der Waals surface area contributed by atoms with Gasteiger partial charge in [-0.25, -0.2) is 14.2 Å². The van der Waals surface area contributed by atoms with Gasteiger partial charge in [-0.2, -0.15) is 0 Å². The first-order valence-corrected chi connectivity index (χ1v) is 13.5. The molecule has 5 rings (SSSR count). The average Bonchev–Trinajstić information content (AvgIpc) is 3.52. The lowest BCUT2D eigenvalue weighted by atomic mass is 9.93. The summed E-state index contributed by atoms with van der Waals surface area (Å²) in [5.41, 5.74) is -0.197. The zero-order valence-corrected chi connectivity index (χ0v) is 21.1. The van der Waals surface area contributed by atoms with Crippen LogP contribution < -0.4 is 15.4 Å². The van der Waals surface area contributed by atoms with Crippen molar-refractivity contribution in [3.05, 3.63) is 35.3 Å². The summed E-state index contributed by atoms with van der Waals surface area (Å²) in [4.78, 5) is 19.9. The van der Waals surface area contributed by atoms with E-state index in [9.17, 15) is 4.79 Å². The molecule has 1 amide bonds. The average molecular weight is 503 g/mol. The number of hydrogen-bond acceptors (Lipinski definition) is 7. The van der Waals surface area contributed by atoms with Crippen molar-refractivity contribution in [1.82, 2.24) is 20.5 Å². The summed E-state index contributed by atoms with van der Waals surface area (Å²) in [6, 6.07) is 8.22. The molecule has 1 saturated carbocycles. The predicted octanol–water partition coefficient (Wildman–Crippen LogP) is 4.20.